The van der Waals surface area contributed by atoms with Gasteiger partial charge in [0.05, 0.1) is 0 Å². The van der Waals surface area contributed by atoms with Crippen molar-refractivity contribution in [3.63, 3.8) is 0 Å². The van der Waals surface area contributed by atoms with Crippen LogP contribution >= 0.6 is 16.4 Å². The van der Waals surface area contributed by atoms with Crippen LogP contribution in [0.15, 0.2) is 0 Å². The Morgan fingerprint density at radius 1 is 1.20 bits per heavy atom. The van der Waals surface area contributed by atoms with E-state index < -0.39 is 16.4 Å². The average Bonchev–Trinajstić information content (AvgIpc) is 1.19. The van der Waals surface area contributed by atoms with E-state index in [2.05, 4.69) is 0 Å². The zero-order valence-electron chi connectivity index (χ0n) is 4.62. The molecule has 0 bridgehead atoms. The molecule has 0 radical (unpaired) electrons. The molecule has 0 aromatic carbocycles. The first-order valence-electron chi connectivity index (χ1n) is 1.35. The van der Waals surface area contributed by atoms with Crippen molar-refractivity contribution in [3.05, 3.63) is 0 Å². The van der Waals surface area contributed by atoms with Crippen molar-refractivity contribution < 1.29 is 53.4 Å². The van der Waals surface area contributed by atoms with Crippen LogP contribution in [-0.2, 0) is 24.0 Å². The quantitative estimate of drug-likeness (QED) is 0.262. The molecule has 10 heteroatoms. The molecule has 0 saturated carbocycles. The fourth-order valence-electron chi connectivity index (χ4n) is 0. The largest absolute Gasteiger partial charge is 2.00 e. The minimum Gasteiger partial charge on any atom is -0.820 e. The maximum Gasteiger partial charge on any atom is 2.00 e. The van der Waals surface area contributed by atoms with Crippen LogP contribution in [0.4, 0.5) is 0 Å². The Morgan fingerprint density at radius 3 is 1.20 bits per heavy atom. The summed E-state index contributed by atoms with van der Waals surface area (Å²) in [5, 5.41) is 0. The van der Waals surface area contributed by atoms with E-state index in [0.29, 0.717) is 0 Å². The van der Waals surface area contributed by atoms with E-state index in [1.165, 1.54) is 0 Å². The molecule has 0 unspecified atom stereocenters. The molecule has 7 nitrogen and oxygen atoms in total. The van der Waals surface area contributed by atoms with E-state index in [1.807, 2.05) is 0 Å². The molecule has 58 valence electrons. The zero-order valence-corrected chi connectivity index (χ0v) is 9.37. The Bertz CT molecular complexity index is 82.8. The molecule has 0 atom stereocenters. The molecule has 0 saturated heterocycles. The standard InChI is InChI=1S/H3O4P.HO3P.Zn/c1-5(2,3)4;1-4(2)3;/h(H3,1,2,3,4);1H;/q;-2;+2. The molecule has 0 amide bonds. The summed E-state index contributed by atoms with van der Waals surface area (Å²) in [6.07, 6.45) is 0. The Morgan fingerprint density at radius 2 is 1.20 bits per heavy atom. The van der Waals surface area contributed by atoms with Crippen molar-refractivity contribution in [2.45, 2.75) is 0 Å². The first-order chi connectivity index (χ1) is 3.73. The fraction of sp³-hybridized carbons (Fsp3) is 0. The van der Waals surface area contributed by atoms with Crippen LogP contribution in [-0.4, -0.2) is 19.6 Å². The van der Waals surface area contributed by atoms with Crippen molar-refractivity contribution in [3.8, 4) is 0 Å². The van der Waals surface area contributed by atoms with E-state index in [-0.39, 0.29) is 19.5 Å². The van der Waals surface area contributed by atoms with Gasteiger partial charge in [0.2, 0.25) is 0 Å². The predicted octanol–water partition coefficient (Wildman–Crippen LogP) is -3.00. The van der Waals surface area contributed by atoms with Gasteiger partial charge in [-0.05, 0) is 0 Å². The second-order valence-corrected chi connectivity index (χ2v) is 2.25. The van der Waals surface area contributed by atoms with E-state index in [0.717, 1.165) is 0 Å². The predicted molar refractivity (Wildman–Crippen MR) is 23.4 cm³/mol. The molecule has 0 heterocycles. The van der Waals surface area contributed by atoms with Gasteiger partial charge in [-0.15, -0.1) is 0 Å². The Balaban J connectivity index is -0.0000000910. The number of phosphoric acid groups is 1. The van der Waals surface area contributed by atoms with Gasteiger partial charge in [-0.25, -0.2) is 4.57 Å². The molecule has 10 heavy (non-hydrogen) atoms. The summed E-state index contributed by atoms with van der Waals surface area (Å²) in [4.78, 5) is 45.8. The summed E-state index contributed by atoms with van der Waals surface area (Å²) in [7, 11) is -7.76. The monoisotopic (exact) mass is 242 g/mol. The molecule has 0 aliphatic carbocycles. The maximum atomic E-state index is 8.88. The van der Waals surface area contributed by atoms with Crippen LogP contribution in [0.3, 0.4) is 0 Å². The van der Waals surface area contributed by atoms with Gasteiger partial charge in [0, 0.05) is 0 Å². The fourth-order valence-corrected chi connectivity index (χ4v) is 0. The summed E-state index contributed by atoms with van der Waals surface area (Å²) in [5.41, 5.74) is 0. The minimum absolute atomic E-state index is 0. The Hall–Kier alpha value is 1.04. The molecule has 0 aliphatic heterocycles. The Labute approximate surface area is 70.3 Å². The third kappa shape index (κ3) is 537. The van der Waals surface area contributed by atoms with Crippen molar-refractivity contribution in [2.75, 3.05) is 0 Å². The molecular formula is H4O7P2Zn. The summed E-state index contributed by atoms with van der Waals surface area (Å²) in [6.45, 7) is 0. The van der Waals surface area contributed by atoms with E-state index in [9.17, 15) is 0 Å². The van der Waals surface area contributed by atoms with Crippen molar-refractivity contribution in [2.24, 2.45) is 0 Å². The summed E-state index contributed by atoms with van der Waals surface area (Å²) in [6, 6.07) is 0. The molecule has 0 aliphatic rings. The van der Waals surface area contributed by atoms with Crippen LogP contribution in [0, 0.1) is 0 Å². The maximum absolute atomic E-state index is 8.88. The van der Waals surface area contributed by atoms with Gasteiger partial charge < -0.3 is 29.4 Å². The Kier molecular flexibility index (Phi) is 14.0. The zero-order chi connectivity index (χ0) is 8.08. The molecular weight excluding hydrogens is 239 g/mol. The van der Waals surface area contributed by atoms with Crippen LogP contribution in [0.2, 0.25) is 0 Å². The van der Waals surface area contributed by atoms with Gasteiger partial charge in [-0.3, -0.25) is 0 Å². The second kappa shape index (κ2) is 8.14. The topological polar surface area (TPSA) is 144 Å². The summed E-state index contributed by atoms with van der Waals surface area (Å²) >= 11 is 0. The van der Waals surface area contributed by atoms with Crippen molar-refractivity contribution in [1.82, 2.24) is 0 Å². The average molecular weight is 243 g/mol. The van der Waals surface area contributed by atoms with Gasteiger partial charge in [0.15, 0.2) is 0 Å². The second-order valence-electron chi connectivity index (χ2n) is 0.751. The van der Waals surface area contributed by atoms with Crippen molar-refractivity contribution >= 4 is 16.4 Å². The molecule has 0 fully saturated rings. The summed E-state index contributed by atoms with van der Waals surface area (Å²) in [5.74, 6) is 0. The third-order valence-electron chi connectivity index (χ3n) is 0. The van der Waals surface area contributed by atoms with Gasteiger partial charge in [-0.1, -0.05) is 0 Å². The third-order valence-corrected chi connectivity index (χ3v) is 0. The van der Waals surface area contributed by atoms with Crippen LogP contribution in [0.5, 0.6) is 0 Å². The SMILES string of the molecule is O=P(O)(O)O.[O-]P([O-])O.[Zn+2]. The normalized spacial score (nSPS) is 9.50. The van der Waals surface area contributed by atoms with Gasteiger partial charge in [0.1, 0.15) is 0 Å². The van der Waals surface area contributed by atoms with E-state index >= 15 is 0 Å². The van der Waals surface area contributed by atoms with Gasteiger partial charge in [-0.2, -0.15) is 8.60 Å². The van der Waals surface area contributed by atoms with Crippen molar-refractivity contribution in [1.29, 1.82) is 0 Å². The van der Waals surface area contributed by atoms with Crippen LogP contribution in [0.25, 0.3) is 0 Å². The molecule has 0 rings (SSSR count). The smallest absolute Gasteiger partial charge is 0.820 e. The van der Waals surface area contributed by atoms with E-state index in [1.54, 1.807) is 0 Å². The molecule has 0 aromatic heterocycles. The molecule has 4 N–H and O–H groups in total. The van der Waals surface area contributed by atoms with Crippen LogP contribution in [0.1, 0.15) is 0 Å². The first-order valence-corrected chi connectivity index (χ1v) is 4.04. The van der Waals surface area contributed by atoms with Gasteiger partial charge >= 0.3 is 27.3 Å². The first kappa shape index (κ1) is 17.2. The van der Waals surface area contributed by atoms with Crippen LogP contribution < -0.4 is 9.79 Å². The van der Waals surface area contributed by atoms with Gasteiger partial charge in [0.25, 0.3) is 0 Å². The number of hydrogen-bond donors (Lipinski definition) is 4. The van der Waals surface area contributed by atoms with E-state index in [4.69, 9.17) is 33.9 Å². The number of rotatable bonds is 0. The minimum atomic E-state index is -4.64. The summed E-state index contributed by atoms with van der Waals surface area (Å²) < 4.78 is 8.88. The molecule has 0 spiro atoms. The number of hydrogen-bond acceptors (Lipinski definition) is 4. The molecule has 0 aromatic rings.